The summed E-state index contributed by atoms with van der Waals surface area (Å²) in [5, 5.41) is 10.1. The fourth-order valence-electron chi connectivity index (χ4n) is 7.66. The summed E-state index contributed by atoms with van der Waals surface area (Å²) in [7, 11) is 0. The van der Waals surface area contributed by atoms with Crippen molar-refractivity contribution >= 4 is 54.1 Å². The monoisotopic (exact) mass is 608 g/mol. The molecule has 0 saturated heterocycles. The van der Waals surface area contributed by atoms with E-state index in [-0.39, 0.29) is 0 Å². The number of hydrogen-bond donors (Lipinski definition) is 0. The minimum absolute atomic E-state index is 1.02. The Balaban J connectivity index is 1.08. The average Bonchev–Trinajstić information content (AvgIpc) is 3.16. The lowest BCUT2D eigenvalue weighted by molar-refractivity contribution is 1.41. The molecule has 0 spiro atoms. The molecule has 0 unspecified atom stereocenters. The number of aromatic nitrogens is 2. The van der Waals surface area contributed by atoms with Gasteiger partial charge < -0.3 is 0 Å². The molecule has 2 aromatic heterocycles. The number of rotatable bonds is 4. The number of benzene rings is 8. The molecule has 2 heterocycles. The molecular weight excluding hydrogens is 581 g/mol. The molecule has 0 fully saturated rings. The van der Waals surface area contributed by atoms with Gasteiger partial charge in [-0.3, -0.25) is 9.97 Å². The SMILES string of the molecule is c1cnc2c(-c3ccc(-c4ccc5ccc6c(-c7ccc(-c8cccc9ncccc89)cc7)ccc7ccc4c5c76)cc3)cccc2c1. The number of fused-ring (bicyclic) bond motifs is 2. The summed E-state index contributed by atoms with van der Waals surface area (Å²) < 4.78 is 0. The zero-order valence-corrected chi connectivity index (χ0v) is 26.1. The van der Waals surface area contributed by atoms with Crippen molar-refractivity contribution in [1.82, 2.24) is 9.97 Å². The lowest BCUT2D eigenvalue weighted by Crippen LogP contribution is -1.90. The van der Waals surface area contributed by atoms with Crippen LogP contribution >= 0.6 is 0 Å². The Hall–Kier alpha value is -6.38. The molecule has 10 aromatic rings. The Labute approximate surface area is 277 Å². The van der Waals surface area contributed by atoms with Crippen molar-refractivity contribution in [2.75, 3.05) is 0 Å². The average molecular weight is 609 g/mol. The second-order valence-electron chi connectivity index (χ2n) is 12.6. The van der Waals surface area contributed by atoms with E-state index in [0.29, 0.717) is 0 Å². The molecule has 0 aliphatic carbocycles. The smallest absolute Gasteiger partial charge is 0.0780 e. The fourth-order valence-corrected chi connectivity index (χ4v) is 7.66. The number of nitrogens with zero attached hydrogens (tertiary/aromatic N) is 2. The fraction of sp³-hybridized carbons (Fsp3) is 0. The Kier molecular flexibility index (Phi) is 5.91. The van der Waals surface area contributed by atoms with E-state index in [1.807, 2.05) is 24.5 Å². The summed E-state index contributed by atoms with van der Waals surface area (Å²) in [4.78, 5) is 9.24. The van der Waals surface area contributed by atoms with E-state index < -0.39 is 0 Å². The molecule has 10 rings (SSSR count). The van der Waals surface area contributed by atoms with Gasteiger partial charge in [-0.2, -0.15) is 0 Å². The number of pyridine rings is 2. The van der Waals surface area contributed by atoms with Crippen molar-refractivity contribution in [2.24, 2.45) is 0 Å². The van der Waals surface area contributed by atoms with Gasteiger partial charge in [0, 0.05) is 28.7 Å². The highest BCUT2D eigenvalue weighted by Gasteiger charge is 2.16. The first kappa shape index (κ1) is 26.8. The van der Waals surface area contributed by atoms with Gasteiger partial charge in [-0.15, -0.1) is 0 Å². The minimum Gasteiger partial charge on any atom is -0.256 e. The molecule has 0 N–H and O–H groups in total. The van der Waals surface area contributed by atoms with Gasteiger partial charge >= 0.3 is 0 Å². The van der Waals surface area contributed by atoms with Crippen molar-refractivity contribution in [2.45, 2.75) is 0 Å². The van der Waals surface area contributed by atoms with Crippen molar-refractivity contribution in [1.29, 1.82) is 0 Å². The third-order valence-corrected chi connectivity index (χ3v) is 9.96. The summed E-state index contributed by atoms with van der Waals surface area (Å²) in [6, 6.07) is 57.2. The third-order valence-electron chi connectivity index (χ3n) is 9.96. The summed E-state index contributed by atoms with van der Waals surface area (Å²) in [6.07, 6.45) is 3.72. The molecule has 2 nitrogen and oxygen atoms in total. The highest BCUT2D eigenvalue weighted by atomic mass is 14.7. The van der Waals surface area contributed by atoms with Gasteiger partial charge in [0.15, 0.2) is 0 Å². The highest BCUT2D eigenvalue weighted by molar-refractivity contribution is 6.27. The molecule has 48 heavy (non-hydrogen) atoms. The molecule has 0 radical (unpaired) electrons. The predicted octanol–water partition coefficient (Wildman–Crippen LogP) is 12.3. The van der Waals surface area contributed by atoms with Crippen LogP contribution in [0.25, 0.3) is 98.6 Å². The standard InChI is InChI=1S/C46H28N2/c1-5-35-6-3-28-48-46(35)39(8-1)32-17-15-31(16-18-32)38-24-20-34-21-25-41-37(23-19-33-22-26-42(38)45(34)44(33)41)30-13-11-29(12-14-30)36-7-2-10-43-40(36)9-4-27-47-43/h1-28H. The van der Waals surface area contributed by atoms with Crippen LogP contribution in [0.4, 0.5) is 0 Å². The van der Waals surface area contributed by atoms with Crippen molar-refractivity contribution in [3.05, 3.63) is 170 Å². The first-order valence-corrected chi connectivity index (χ1v) is 16.4. The van der Waals surface area contributed by atoms with E-state index in [0.717, 1.165) is 22.0 Å². The van der Waals surface area contributed by atoms with Crippen LogP contribution in [0.2, 0.25) is 0 Å². The van der Waals surface area contributed by atoms with E-state index >= 15 is 0 Å². The Morgan fingerprint density at radius 1 is 0.292 bits per heavy atom. The van der Waals surface area contributed by atoms with Crippen LogP contribution in [0.15, 0.2) is 170 Å². The molecule has 8 aromatic carbocycles. The molecule has 0 aliphatic rings. The summed E-state index contributed by atoms with van der Waals surface area (Å²) in [5.41, 5.74) is 11.7. The molecule has 0 atom stereocenters. The number of para-hydroxylation sites is 1. The van der Waals surface area contributed by atoms with Gasteiger partial charge in [0.05, 0.1) is 11.0 Å². The molecule has 2 heteroatoms. The molecular formula is C46H28N2. The van der Waals surface area contributed by atoms with Crippen LogP contribution in [0, 0.1) is 0 Å². The quantitative estimate of drug-likeness (QED) is 0.186. The normalized spacial score (nSPS) is 11.8. The van der Waals surface area contributed by atoms with Crippen molar-refractivity contribution in [3.63, 3.8) is 0 Å². The van der Waals surface area contributed by atoms with Crippen LogP contribution < -0.4 is 0 Å². The van der Waals surface area contributed by atoms with E-state index in [1.54, 1.807) is 0 Å². The molecule has 0 saturated carbocycles. The maximum atomic E-state index is 4.68. The summed E-state index contributed by atoms with van der Waals surface area (Å²) >= 11 is 0. The summed E-state index contributed by atoms with van der Waals surface area (Å²) in [6.45, 7) is 0. The minimum atomic E-state index is 1.02. The van der Waals surface area contributed by atoms with Gasteiger partial charge in [-0.25, -0.2) is 0 Å². The van der Waals surface area contributed by atoms with Crippen LogP contribution in [-0.2, 0) is 0 Å². The van der Waals surface area contributed by atoms with E-state index in [2.05, 4.69) is 156 Å². The summed E-state index contributed by atoms with van der Waals surface area (Å²) in [5.74, 6) is 0. The van der Waals surface area contributed by atoms with Crippen LogP contribution in [0.3, 0.4) is 0 Å². The van der Waals surface area contributed by atoms with Gasteiger partial charge in [0.1, 0.15) is 0 Å². The zero-order chi connectivity index (χ0) is 31.6. The number of hydrogen-bond acceptors (Lipinski definition) is 2. The predicted molar refractivity (Wildman–Crippen MR) is 202 cm³/mol. The van der Waals surface area contributed by atoms with Gasteiger partial charge in [-0.05, 0) is 89.5 Å². The Bertz CT molecular complexity index is 2610. The maximum Gasteiger partial charge on any atom is 0.0780 e. The van der Waals surface area contributed by atoms with Crippen LogP contribution in [0.1, 0.15) is 0 Å². The van der Waals surface area contributed by atoms with E-state index in [9.17, 15) is 0 Å². The first-order valence-electron chi connectivity index (χ1n) is 16.4. The zero-order valence-electron chi connectivity index (χ0n) is 26.1. The second-order valence-corrected chi connectivity index (χ2v) is 12.6. The van der Waals surface area contributed by atoms with Gasteiger partial charge in [0.25, 0.3) is 0 Å². The lowest BCUT2D eigenvalue weighted by Gasteiger charge is -2.17. The van der Waals surface area contributed by atoms with Crippen LogP contribution in [-0.4, -0.2) is 9.97 Å². The highest BCUT2D eigenvalue weighted by Crippen LogP contribution is 2.43. The van der Waals surface area contributed by atoms with Crippen molar-refractivity contribution in [3.8, 4) is 44.5 Å². The second kappa shape index (κ2) is 10.6. The van der Waals surface area contributed by atoms with Gasteiger partial charge in [0.2, 0.25) is 0 Å². The topological polar surface area (TPSA) is 25.8 Å². The third kappa shape index (κ3) is 4.13. The van der Waals surface area contributed by atoms with E-state index in [1.165, 1.54) is 76.6 Å². The Morgan fingerprint density at radius 3 is 1.42 bits per heavy atom. The maximum absolute atomic E-state index is 4.68. The molecule has 222 valence electrons. The van der Waals surface area contributed by atoms with Crippen molar-refractivity contribution < 1.29 is 0 Å². The molecule has 0 aliphatic heterocycles. The van der Waals surface area contributed by atoms with Crippen LogP contribution in [0.5, 0.6) is 0 Å². The molecule has 0 amide bonds. The molecule has 0 bridgehead atoms. The van der Waals surface area contributed by atoms with Gasteiger partial charge in [-0.1, -0.05) is 140 Å². The van der Waals surface area contributed by atoms with E-state index in [4.69, 9.17) is 0 Å². The first-order chi connectivity index (χ1) is 23.8. The Morgan fingerprint density at radius 2 is 0.771 bits per heavy atom. The largest absolute Gasteiger partial charge is 0.256 e. The lowest BCUT2D eigenvalue weighted by atomic mass is 9.87.